The minimum Gasteiger partial charge on any atom is -0.461 e. The second-order valence-electron chi connectivity index (χ2n) is 9.43. The van der Waals surface area contributed by atoms with Crippen molar-refractivity contribution >= 4 is 27.8 Å². The lowest BCUT2D eigenvalue weighted by atomic mass is 9.71. The first kappa shape index (κ1) is 20.3. The number of carbonyl (C=O) groups is 1. The minimum atomic E-state index is -0.626. The van der Waals surface area contributed by atoms with Crippen LogP contribution in [0.4, 0.5) is 0 Å². The largest absolute Gasteiger partial charge is 0.461 e. The van der Waals surface area contributed by atoms with Crippen molar-refractivity contribution in [3.05, 3.63) is 45.0 Å². The van der Waals surface area contributed by atoms with E-state index in [0.717, 1.165) is 53.3 Å². The Morgan fingerprint density at radius 2 is 1.84 bits per heavy atom. The van der Waals surface area contributed by atoms with Gasteiger partial charge in [-0.1, -0.05) is 12.8 Å². The zero-order chi connectivity index (χ0) is 21.9. The van der Waals surface area contributed by atoms with Crippen LogP contribution in [0.1, 0.15) is 54.6 Å². The molecule has 2 aromatic heterocycles. The number of aryl methyl sites for hydroxylation is 3. The number of furan rings is 1. The number of likely N-dealkylation sites (tertiary alicyclic amines) is 1. The fourth-order valence-corrected chi connectivity index (χ4v) is 5.49. The van der Waals surface area contributed by atoms with Crippen molar-refractivity contribution in [3.63, 3.8) is 0 Å². The molecule has 2 fully saturated rings. The van der Waals surface area contributed by atoms with Gasteiger partial charge >= 0.3 is 5.63 Å². The molecule has 164 valence electrons. The fourth-order valence-electron chi connectivity index (χ4n) is 5.49. The maximum Gasteiger partial charge on any atom is 0.340 e. The van der Waals surface area contributed by atoms with Crippen LogP contribution in [0.3, 0.4) is 0 Å². The Labute approximate surface area is 180 Å². The molecule has 3 heterocycles. The number of carbonyl (C=O) groups excluding carboxylic acids is 1. The third kappa shape index (κ3) is 3.28. The van der Waals surface area contributed by atoms with Crippen molar-refractivity contribution in [2.45, 2.75) is 64.9 Å². The van der Waals surface area contributed by atoms with Gasteiger partial charge in [0.05, 0.1) is 17.6 Å². The first-order valence-corrected chi connectivity index (χ1v) is 11.2. The SMILES string of the molecule is Cc1oc2cc3oc(=O)c(CC(=O)N4CCC5(O)CCCCC5C4)c(C)c3cc2c1C. The van der Waals surface area contributed by atoms with E-state index < -0.39 is 11.2 Å². The number of fused-ring (bicyclic) bond motifs is 3. The van der Waals surface area contributed by atoms with Crippen LogP contribution in [0, 0.1) is 26.7 Å². The van der Waals surface area contributed by atoms with E-state index in [-0.39, 0.29) is 18.2 Å². The van der Waals surface area contributed by atoms with Crippen molar-refractivity contribution in [3.8, 4) is 0 Å². The van der Waals surface area contributed by atoms with Gasteiger partial charge in [-0.05, 0) is 57.2 Å². The third-order valence-electron chi connectivity index (χ3n) is 7.69. The molecule has 0 radical (unpaired) electrons. The summed E-state index contributed by atoms with van der Waals surface area (Å²) < 4.78 is 11.4. The van der Waals surface area contributed by atoms with Crippen molar-refractivity contribution < 1.29 is 18.7 Å². The van der Waals surface area contributed by atoms with E-state index in [9.17, 15) is 14.7 Å². The molecule has 1 saturated heterocycles. The second-order valence-corrected chi connectivity index (χ2v) is 9.43. The Morgan fingerprint density at radius 1 is 1.10 bits per heavy atom. The quantitative estimate of drug-likeness (QED) is 0.626. The van der Waals surface area contributed by atoms with Crippen LogP contribution >= 0.6 is 0 Å². The molecule has 31 heavy (non-hydrogen) atoms. The minimum absolute atomic E-state index is 0.0245. The normalized spacial score (nSPS) is 24.0. The van der Waals surface area contributed by atoms with Gasteiger partial charge < -0.3 is 18.8 Å². The van der Waals surface area contributed by atoms with Gasteiger partial charge in [0, 0.05) is 35.8 Å². The molecule has 1 aliphatic carbocycles. The summed E-state index contributed by atoms with van der Waals surface area (Å²) in [5, 5.41) is 12.7. The van der Waals surface area contributed by atoms with Crippen LogP contribution in [-0.4, -0.2) is 34.6 Å². The predicted molar refractivity (Wildman–Crippen MR) is 118 cm³/mol. The van der Waals surface area contributed by atoms with E-state index in [1.165, 1.54) is 0 Å². The summed E-state index contributed by atoms with van der Waals surface area (Å²) in [4.78, 5) is 27.7. The molecular formula is C25H29NO5. The Morgan fingerprint density at radius 3 is 2.65 bits per heavy atom. The van der Waals surface area contributed by atoms with Gasteiger partial charge in [-0.25, -0.2) is 4.79 Å². The highest BCUT2D eigenvalue weighted by Gasteiger charge is 2.43. The molecule has 0 spiro atoms. The molecule has 1 saturated carbocycles. The first-order valence-electron chi connectivity index (χ1n) is 11.2. The Bertz CT molecular complexity index is 1250. The third-order valence-corrected chi connectivity index (χ3v) is 7.69. The highest BCUT2D eigenvalue weighted by Crippen LogP contribution is 2.40. The van der Waals surface area contributed by atoms with Gasteiger partial charge in [0.15, 0.2) is 0 Å². The van der Waals surface area contributed by atoms with Crippen molar-refractivity contribution in [2.24, 2.45) is 5.92 Å². The van der Waals surface area contributed by atoms with Gasteiger partial charge in [-0.2, -0.15) is 0 Å². The molecule has 6 nitrogen and oxygen atoms in total. The molecule has 1 amide bonds. The molecule has 1 aliphatic heterocycles. The van der Waals surface area contributed by atoms with Crippen LogP contribution in [0.2, 0.25) is 0 Å². The topological polar surface area (TPSA) is 83.9 Å². The summed E-state index contributed by atoms with van der Waals surface area (Å²) >= 11 is 0. The number of hydrogen-bond donors (Lipinski definition) is 1. The van der Waals surface area contributed by atoms with Crippen LogP contribution in [0.25, 0.3) is 21.9 Å². The summed E-state index contributed by atoms with van der Waals surface area (Å²) in [7, 11) is 0. The number of piperidine rings is 1. The number of benzene rings is 1. The molecule has 6 heteroatoms. The molecule has 2 unspecified atom stereocenters. The molecule has 1 aromatic carbocycles. The van der Waals surface area contributed by atoms with Gasteiger partial charge in [-0.15, -0.1) is 0 Å². The van der Waals surface area contributed by atoms with E-state index in [1.54, 1.807) is 6.07 Å². The smallest absolute Gasteiger partial charge is 0.340 e. The maximum atomic E-state index is 13.1. The zero-order valence-corrected chi connectivity index (χ0v) is 18.4. The van der Waals surface area contributed by atoms with Gasteiger partial charge in [-0.3, -0.25) is 4.79 Å². The van der Waals surface area contributed by atoms with E-state index in [0.29, 0.717) is 36.2 Å². The highest BCUT2D eigenvalue weighted by atomic mass is 16.4. The summed E-state index contributed by atoms with van der Waals surface area (Å²) in [6, 6.07) is 3.75. The van der Waals surface area contributed by atoms with E-state index >= 15 is 0 Å². The Kier molecular flexibility index (Phi) is 4.74. The Hall–Kier alpha value is -2.60. The second kappa shape index (κ2) is 7.23. The molecule has 0 bridgehead atoms. The number of amides is 1. The Balaban J connectivity index is 1.46. The van der Waals surface area contributed by atoms with Gasteiger partial charge in [0.25, 0.3) is 0 Å². The highest BCUT2D eigenvalue weighted by molar-refractivity contribution is 5.97. The molecule has 2 aliphatic rings. The molecule has 3 aromatic rings. The molecule has 1 N–H and O–H groups in total. The van der Waals surface area contributed by atoms with E-state index in [1.807, 2.05) is 31.7 Å². The monoisotopic (exact) mass is 423 g/mol. The average Bonchev–Trinajstić information content (AvgIpc) is 3.02. The van der Waals surface area contributed by atoms with E-state index in [2.05, 4.69) is 0 Å². The van der Waals surface area contributed by atoms with Crippen molar-refractivity contribution in [1.29, 1.82) is 0 Å². The number of nitrogens with zero attached hydrogens (tertiary/aromatic N) is 1. The van der Waals surface area contributed by atoms with Gasteiger partial charge in [0.1, 0.15) is 16.9 Å². The van der Waals surface area contributed by atoms with Crippen LogP contribution in [-0.2, 0) is 11.2 Å². The molecule has 5 rings (SSSR count). The summed E-state index contributed by atoms with van der Waals surface area (Å²) in [6.45, 7) is 6.92. The van der Waals surface area contributed by atoms with Crippen molar-refractivity contribution in [1.82, 2.24) is 4.90 Å². The predicted octanol–water partition coefficient (Wildman–Crippen LogP) is 4.16. The lowest BCUT2D eigenvalue weighted by Gasteiger charge is -2.47. The summed E-state index contributed by atoms with van der Waals surface area (Å²) in [5.41, 5.74) is 2.34. The van der Waals surface area contributed by atoms with Gasteiger partial charge in [0.2, 0.25) is 5.91 Å². The average molecular weight is 424 g/mol. The lowest BCUT2D eigenvalue weighted by molar-refractivity contribution is -0.142. The standard InChI is InChI=1S/C25H29NO5/c1-14-16(3)30-21-12-22-19(10-18(14)21)15(2)20(24(28)31-22)11-23(27)26-9-8-25(29)7-5-4-6-17(25)13-26/h10,12,17,29H,4-9,11,13H2,1-3H3. The van der Waals surface area contributed by atoms with E-state index in [4.69, 9.17) is 8.83 Å². The van der Waals surface area contributed by atoms with Crippen LogP contribution < -0.4 is 5.63 Å². The fraction of sp³-hybridized carbons (Fsp3) is 0.520. The molecular weight excluding hydrogens is 394 g/mol. The first-order chi connectivity index (χ1) is 14.8. The zero-order valence-electron chi connectivity index (χ0n) is 18.4. The van der Waals surface area contributed by atoms with Crippen molar-refractivity contribution in [2.75, 3.05) is 13.1 Å². The van der Waals surface area contributed by atoms with Crippen LogP contribution in [0.15, 0.2) is 25.8 Å². The molecule has 2 atom stereocenters. The van der Waals surface area contributed by atoms with Crippen LogP contribution in [0.5, 0.6) is 0 Å². The number of rotatable bonds is 2. The number of aliphatic hydroxyl groups is 1. The summed E-state index contributed by atoms with van der Waals surface area (Å²) in [5.74, 6) is 0.904. The lowest BCUT2D eigenvalue weighted by Crippen LogP contribution is -2.55. The number of hydrogen-bond acceptors (Lipinski definition) is 5. The maximum absolute atomic E-state index is 13.1. The summed E-state index contributed by atoms with van der Waals surface area (Å²) in [6.07, 6.45) is 4.58.